The Balaban J connectivity index is 2.39. The Labute approximate surface area is 139 Å². The summed E-state index contributed by atoms with van der Waals surface area (Å²) in [7, 11) is 0. The number of hydrogen-bond donors (Lipinski definition) is 0. The Morgan fingerprint density at radius 1 is 1.23 bits per heavy atom. The smallest absolute Gasteiger partial charge is 0.229 e. The highest BCUT2D eigenvalue weighted by Gasteiger charge is 2.44. The van der Waals surface area contributed by atoms with Gasteiger partial charge >= 0.3 is 0 Å². The van der Waals surface area contributed by atoms with Crippen LogP contribution in [-0.2, 0) is 4.79 Å². The molecule has 1 aromatic carbocycles. The molecule has 1 aliphatic rings. The van der Waals surface area contributed by atoms with Crippen molar-refractivity contribution in [2.24, 2.45) is 5.41 Å². The van der Waals surface area contributed by atoms with E-state index in [0.717, 1.165) is 37.1 Å². The maximum atomic E-state index is 13.2. The zero-order valence-corrected chi connectivity index (χ0v) is 15.0. The highest BCUT2D eigenvalue weighted by molar-refractivity contribution is 6.30. The van der Waals surface area contributed by atoms with Crippen LogP contribution in [0.4, 0.5) is 0 Å². The molecule has 1 unspecified atom stereocenters. The number of amides is 1. The molecule has 0 saturated carbocycles. The quantitative estimate of drug-likeness (QED) is 0.690. The van der Waals surface area contributed by atoms with E-state index in [9.17, 15) is 4.79 Å². The van der Waals surface area contributed by atoms with E-state index >= 15 is 0 Å². The Morgan fingerprint density at radius 2 is 1.82 bits per heavy atom. The molecular formula is C19H28ClNO. The number of carbonyl (C=O) groups is 1. The van der Waals surface area contributed by atoms with Crippen molar-refractivity contribution in [3.63, 3.8) is 0 Å². The molecule has 2 atom stereocenters. The molecule has 1 fully saturated rings. The van der Waals surface area contributed by atoms with Crippen molar-refractivity contribution in [2.75, 3.05) is 0 Å². The lowest BCUT2D eigenvalue weighted by atomic mass is 9.74. The van der Waals surface area contributed by atoms with Gasteiger partial charge < -0.3 is 4.90 Å². The molecule has 1 aromatic rings. The van der Waals surface area contributed by atoms with Crippen LogP contribution in [0.15, 0.2) is 24.3 Å². The first-order valence-electron chi connectivity index (χ1n) is 8.55. The van der Waals surface area contributed by atoms with Gasteiger partial charge in [0.25, 0.3) is 0 Å². The van der Waals surface area contributed by atoms with Gasteiger partial charge in [0.05, 0.1) is 6.04 Å². The second kappa shape index (κ2) is 7.04. The van der Waals surface area contributed by atoms with Crippen molar-refractivity contribution in [3.8, 4) is 0 Å². The van der Waals surface area contributed by atoms with Crippen LogP contribution in [0.3, 0.4) is 0 Å². The summed E-state index contributed by atoms with van der Waals surface area (Å²) < 4.78 is 0. The van der Waals surface area contributed by atoms with Crippen LogP contribution < -0.4 is 0 Å². The number of nitrogens with zero attached hydrogens (tertiary/aromatic N) is 1. The van der Waals surface area contributed by atoms with E-state index in [1.54, 1.807) is 0 Å². The normalized spacial score (nSPS) is 25.8. The van der Waals surface area contributed by atoms with Crippen molar-refractivity contribution in [1.29, 1.82) is 0 Å². The number of piperidine rings is 1. The van der Waals surface area contributed by atoms with Gasteiger partial charge in [0.2, 0.25) is 5.91 Å². The summed E-state index contributed by atoms with van der Waals surface area (Å²) in [6.07, 6.45) is 4.93. The zero-order valence-electron chi connectivity index (χ0n) is 14.2. The standard InChI is InChI=1S/C19H28ClNO/c1-5-16(6-2)21-17(14-8-10-15(20)11-9-14)12-13-19(4,7-3)18(21)22/h8-11,16-17H,5-7,12-13H2,1-4H3/t17?,19-/m0/s1. The van der Waals surface area contributed by atoms with Gasteiger partial charge in [-0.2, -0.15) is 0 Å². The number of rotatable bonds is 5. The van der Waals surface area contributed by atoms with Crippen LogP contribution in [0.5, 0.6) is 0 Å². The van der Waals surface area contributed by atoms with Crippen LogP contribution in [0.2, 0.25) is 5.02 Å². The van der Waals surface area contributed by atoms with Gasteiger partial charge in [-0.25, -0.2) is 0 Å². The van der Waals surface area contributed by atoms with Crippen molar-refractivity contribution in [1.82, 2.24) is 4.90 Å². The molecule has 0 N–H and O–H groups in total. The molecule has 1 saturated heterocycles. The van der Waals surface area contributed by atoms with E-state index in [4.69, 9.17) is 11.6 Å². The van der Waals surface area contributed by atoms with Crippen LogP contribution in [-0.4, -0.2) is 16.8 Å². The first-order valence-corrected chi connectivity index (χ1v) is 8.92. The van der Waals surface area contributed by atoms with E-state index in [1.165, 1.54) is 5.56 Å². The average molecular weight is 322 g/mol. The third-order valence-corrected chi connectivity index (χ3v) is 5.68. The SMILES string of the molecule is CCC(CC)N1C(=O)[C@@](C)(CC)CCC1c1ccc(Cl)cc1. The molecule has 0 bridgehead atoms. The third kappa shape index (κ3) is 3.17. The minimum Gasteiger partial charge on any atom is -0.332 e. The van der Waals surface area contributed by atoms with Crippen LogP contribution in [0.25, 0.3) is 0 Å². The molecule has 2 rings (SSSR count). The lowest BCUT2D eigenvalue weighted by molar-refractivity contribution is -0.153. The zero-order chi connectivity index (χ0) is 16.3. The van der Waals surface area contributed by atoms with Gasteiger partial charge in [-0.05, 0) is 49.8 Å². The first kappa shape index (κ1) is 17.3. The number of halogens is 1. The predicted octanol–water partition coefficient (Wildman–Crippen LogP) is 5.61. The molecule has 22 heavy (non-hydrogen) atoms. The van der Waals surface area contributed by atoms with E-state index < -0.39 is 0 Å². The topological polar surface area (TPSA) is 20.3 Å². The molecule has 1 amide bonds. The summed E-state index contributed by atoms with van der Waals surface area (Å²) in [6, 6.07) is 8.52. The van der Waals surface area contributed by atoms with Gasteiger partial charge in [0, 0.05) is 16.5 Å². The highest BCUT2D eigenvalue weighted by atomic mass is 35.5. The summed E-state index contributed by atoms with van der Waals surface area (Å²) in [4.78, 5) is 15.4. The Morgan fingerprint density at radius 3 is 2.32 bits per heavy atom. The molecule has 0 radical (unpaired) electrons. The molecule has 0 aromatic heterocycles. The Bertz CT molecular complexity index is 509. The van der Waals surface area contributed by atoms with Crippen LogP contribution >= 0.6 is 11.6 Å². The van der Waals surface area contributed by atoms with Crippen molar-refractivity contribution in [2.45, 2.75) is 71.9 Å². The van der Waals surface area contributed by atoms with Gasteiger partial charge in [0.1, 0.15) is 0 Å². The van der Waals surface area contributed by atoms with E-state index in [2.05, 4.69) is 44.7 Å². The first-order chi connectivity index (χ1) is 10.5. The maximum Gasteiger partial charge on any atom is 0.229 e. The van der Waals surface area contributed by atoms with Gasteiger partial charge in [-0.15, -0.1) is 0 Å². The van der Waals surface area contributed by atoms with E-state index in [1.807, 2.05) is 12.1 Å². The molecule has 122 valence electrons. The van der Waals surface area contributed by atoms with E-state index in [-0.39, 0.29) is 11.5 Å². The number of benzene rings is 1. The van der Waals surface area contributed by atoms with Crippen LogP contribution in [0, 0.1) is 5.41 Å². The number of carbonyl (C=O) groups excluding carboxylic acids is 1. The van der Waals surface area contributed by atoms with Crippen molar-refractivity contribution < 1.29 is 4.79 Å². The molecule has 1 heterocycles. The van der Waals surface area contributed by atoms with Gasteiger partial charge in [-0.3, -0.25) is 4.79 Å². The fourth-order valence-electron chi connectivity index (χ4n) is 3.60. The Kier molecular flexibility index (Phi) is 5.55. The summed E-state index contributed by atoms with van der Waals surface area (Å²) >= 11 is 6.02. The molecule has 2 nitrogen and oxygen atoms in total. The highest BCUT2D eigenvalue weighted by Crippen LogP contribution is 2.44. The monoisotopic (exact) mass is 321 g/mol. The average Bonchev–Trinajstić information content (AvgIpc) is 2.53. The molecule has 3 heteroatoms. The summed E-state index contributed by atoms with van der Waals surface area (Å²) in [6.45, 7) is 8.62. The molecule has 0 spiro atoms. The lowest BCUT2D eigenvalue weighted by Crippen LogP contribution is -2.52. The predicted molar refractivity (Wildman–Crippen MR) is 93.0 cm³/mol. The van der Waals surface area contributed by atoms with Crippen molar-refractivity contribution >= 4 is 17.5 Å². The molecule has 0 aliphatic carbocycles. The van der Waals surface area contributed by atoms with Gasteiger partial charge in [-0.1, -0.05) is 51.4 Å². The summed E-state index contributed by atoms with van der Waals surface area (Å²) in [5.41, 5.74) is 1.01. The molecule has 1 aliphatic heterocycles. The fraction of sp³-hybridized carbons (Fsp3) is 0.632. The summed E-state index contributed by atoms with van der Waals surface area (Å²) in [5.74, 6) is 0.329. The number of likely N-dealkylation sites (tertiary alicyclic amines) is 1. The lowest BCUT2D eigenvalue weighted by Gasteiger charge is -2.48. The minimum atomic E-state index is -0.203. The van der Waals surface area contributed by atoms with E-state index in [0.29, 0.717) is 11.9 Å². The van der Waals surface area contributed by atoms with Crippen molar-refractivity contribution in [3.05, 3.63) is 34.9 Å². The second-order valence-corrected chi connectivity index (χ2v) is 7.14. The largest absolute Gasteiger partial charge is 0.332 e. The molecular weight excluding hydrogens is 294 g/mol. The fourth-order valence-corrected chi connectivity index (χ4v) is 3.72. The maximum absolute atomic E-state index is 13.2. The minimum absolute atomic E-state index is 0.189. The number of hydrogen-bond acceptors (Lipinski definition) is 1. The second-order valence-electron chi connectivity index (χ2n) is 6.70. The van der Waals surface area contributed by atoms with Crippen LogP contribution in [0.1, 0.15) is 71.4 Å². The Hall–Kier alpha value is -1.02. The van der Waals surface area contributed by atoms with Gasteiger partial charge in [0.15, 0.2) is 0 Å². The third-order valence-electron chi connectivity index (χ3n) is 5.43. The summed E-state index contributed by atoms with van der Waals surface area (Å²) in [5, 5.41) is 0.748.